The molecule has 5 atom stereocenters. The minimum atomic E-state index is -0.490. The summed E-state index contributed by atoms with van der Waals surface area (Å²) in [5.74, 6) is 1.47. The van der Waals surface area contributed by atoms with Crippen molar-refractivity contribution in [2.24, 2.45) is 11.8 Å². The van der Waals surface area contributed by atoms with Gasteiger partial charge < -0.3 is 30.2 Å². The fraction of sp³-hybridized carbons (Fsp3) is 0.373. The summed E-state index contributed by atoms with van der Waals surface area (Å²) < 4.78 is 6.44. The number of H-pyrrole nitrogens is 2. The molecule has 0 saturated heterocycles. The van der Waals surface area contributed by atoms with Crippen molar-refractivity contribution in [2.75, 3.05) is 5.32 Å². The molecule has 3 aromatic carbocycles. The van der Waals surface area contributed by atoms with Crippen LogP contribution in [0.4, 0.5) is 5.82 Å². The third kappa shape index (κ3) is 7.43. The molecule has 59 heavy (non-hydrogen) atoms. The van der Waals surface area contributed by atoms with Crippen molar-refractivity contribution in [3.05, 3.63) is 141 Å². The zero-order valence-electron chi connectivity index (χ0n) is 33.5. The van der Waals surface area contributed by atoms with Crippen LogP contribution >= 0.6 is 0 Å². The summed E-state index contributed by atoms with van der Waals surface area (Å²) in [4.78, 5) is 36.1. The van der Waals surface area contributed by atoms with Gasteiger partial charge in [-0.05, 0) is 134 Å². The number of aromatic amines is 2. The summed E-state index contributed by atoms with van der Waals surface area (Å²) in [6.07, 6.45) is 19.9. The maximum atomic E-state index is 15.1. The van der Waals surface area contributed by atoms with E-state index in [9.17, 15) is 15.0 Å². The fourth-order valence-electron chi connectivity index (χ4n) is 10.9. The number of benzene rings is 3. The van der Waals surface area contributed by atoms with Gasteiger partial charge in [-0.25, -0.2) is 0 Å². The Bertz CT molecular complexity index is 2460. The minimum absolute atomic E-state index is 0.0311. The monoisotopic (exact) mass is 787 g/mol. The average molecular weight is 788 g/mol. The second-order valence-corrected chi connectivity index (χ2v) is 17.7. The molecule has 1 aliphatic heterocycles. The molecule has 5 aliphatic rings. The van der Waals surface area contributed by atoms with E-state index in [1.807, 2.05) is 30.6 Å². The van der Waals surface area contributed by atoms with E-state index >= 15 is 4.79 Å². The van der Waals surface area contributed by atoms with Crippen LogP contribution in [0.3, 0.4) is 0 Å². The van der Waals surface area contributed by atoms with Gasteiger partial charge in [-0.15, -0.1) is 0 Å². The number of phenols is 2. The van der Waals surface area contributed by atoms with Crippen LogP contribution in [0.15, 0.2) is 90.8 Å². The first-order valence-corrected chi connectivity index (χ1v) is 21.8. The largest absolute Gasteiger partial charge is 0.507 e. The number of aryl methyl sites for hydroxylation is 2. The molecule has 1 fully saturated rings. The number of hydrogen-bond acceptors (Lipinski definition) is 6. The smallest absolute Gasteiger partial charge is 0.161 e. The summed E-state index contributed by atoms with van der Waals surface area (Å²) in [5.41, 5.74) is 10.4. The number of aromatic hydroxyl groups is 2. The Hall–Kier alpha value is -5.76. The van der Waals surface area contributed by atoms with E-state index in [2.05, 4.69) is 76.0 Å². The average Bonchev–Trinajstić information content (AvgIpc) is 3.98. The molecule has 5 unspecified atom stereocenters. The first-order chi connectivity index (χ1) is 28.8. The molecule has 8 heteroatoms. The Morgan fingerprint density at radius 1 is 0.763 bits per heavy atom. The number of ketones is 2. The summed E-state index contributed by atoms with van der Waals surface area (Å²) in [6, 6.07) is 22.6. The number of aromatic nitrogens is 2. The number of anilines is 1. The van der Waals surface area contributed by atoms with Crippen molar-refractivity contribution >= 4 is 29.5 Å². The number of allylic oxidation sites excluding steroid dienone is 1. The number of carbonyl (C=O) groups is 2. The van der Waals surface area contributed by atoms with Crippen LogP contribution in [0, 0.1) is 11.8 Å². The Balaban J connectivity index is 1.04. The van der Waals surface area contributed by atoms with Crippen LogP contribution in [-0.2, 0) is 28.9 Å². The highest BCUT2D eigenvalue weighted by atomic mass is 16.5. The highest BCUT2D eigenvalue weighted by Gasteiger charge is 2.42. The number of rotatable bonds is 4. The maximum absolute atomic E-state index is 15.1. The number of carbonyl (C=O) groups excluding carboxylic acids is 2. The molecule has 3 heterocycles. The third-order valence-corrected chi connectivity index (χ3v) is 13.9. The zero-order chi connectivity index (χ0) is 40.0. The molecule has 302 valence electrons. The van der Waals surface area contributed by atoms with Crippen molar-refractivity contribution in [1.82, 2.24) is 9.97 Å². The quantitative estimate of drug-likeness (QED) is 0.115. The van der Waals surface area contributed by atoms with Gasteiger partial charge in [-0.2, -0.15) is 0 Å². The van der Waals surface area contributed by atoms with Crippen LogP contribution in [0.2, 0.25) is 0 Å². The van der Waals surface area contributed by atoms with Crippen molar-refractivity contribution < 1.29 is 24.5 Å². The number of hydrogen-bond donors (Lipinski definition) is 5. The Morgan fingerprint density at radius 3 is 2.51 bits per heavy atom. The van der Waals surface area contributed by atoms with E-state index in [-0.39, 0.29) is 60.1 Å². The van der Waals surface area contributed by atoms with Crippen LogP contribution in [-0.4, -0.2) is 43.9 Å². The molecule has 0 amide bonds. The normalized spacial score (nSPS) is 24.3. The van der Waals surface area contributed by atoms with Crippen molar-refractivity contribution in [3.63, 3.8) is 0 Å². The lowest BCUT2D eigenvalue weighted by Crippen LogP contribution is -2.37. The Labute approximate surface area is 345 Å². The van der Waals surface area contributed by atoms with Crippen molar-refractivity contribution in [2.45, 2.75) is 107 Å². The summed E-state index contributed by atoms with van der Waals surface area (Å²) in [7, 11) is 0. The maximum Gasteiger partial charge on any atom is 0.161 e. The lowest BCUT2D eigenvalue weighted by molar-refractivity contribution is -0.129. The van der Waals surface area contributed by atoms with E-state index in [1.54, 1.807) is 6.07 Å². The standard InChI is InChI=1S/C51H53N3O5/c55-36-15-12-32-25-35(50(58)48(27-32)59-37-8-1-2-9-37)24-31-5-3-7-34(23-31)38-17-18-44(54-51-41(38)20-22-53-51)43-29-45-40(19-21-52-45)42(49(43)47(57)28-36)26-30-11-14-33-6-4-10-46(56)39(33)16-13-30/h3-7,10,13,16,19-23,25,27,29-30,37-38,42,44,49,52-54,56,58H,1-2,8-9,11-12,14-15,17-18,24,26,28H2. The highest BCUT2D eigenvalue weighted by Crippen LogP contribution is 2.48. The number of fused-ring (bicyclic) bond motifs is 14. The second kappa shape index (κ2) is 15.8. The van der Waals surface area contributed by atoms with Gasteiger partial charge in [0.2, 0.25) is 0 Å². The topological polar surface area (TPSA) is 127 Å². The van der Waals surface area contributed by atoms with Crippen LogP contribution in [0.1, 0.15) is 126 Å². The molecular weight excluding hydrogens is 735 g/mol. The molecule has 5 aromatic rings. The SMILES string of the molecule is O=C1CCc2cc(c(O)c(OC3CCCC3)c2)Cc2cccc(c2)C2CCC(Nc3[nH]ccc32)C2=Cc3[nH]ccc3C(CC3C=Cc4c(O)cccc4CC3)C2C(=O)C1. The number of nitrogens with one attached hydrogen (secondary N) is 3. The first kappa shape index (κ1) is 37.5. The summed E-state index contributed by atoms with van der Waals surface area (Å²) in [5, 5.41) is 26.2. The van der Waals surface area contributed by atoms with Gasteiger partial charge in [0.1, 0.15) is 23.1 Å². The number of ether oxygens (including phenoxy) is 1. The number of Topliss-reactive ketones (excluding diaryl/α,β-unsaturated/α-hetero) is 2. The van der Waals surface area contributed by atoms with E-state index in [1.165, 1.54) is 11.1 Å². The molecule has 0 spiro atoms. The molecule has 2 aromatic heterocycles. The van der Waals surface area contributed by atoms with Crippen LogP contribution in [0.25, 0.3) is 12.2 Å². The molecule has 5 N–H and O–H groups in total. The Morgan fingerprint density at radius 2 is 1.61 bits per heavy atom. The second-order valence-electron chi connectivity index (χ2n) is 17.7. The van der Waals surface area contributed by atoms with Gasteiger partial charge in [0.15, 0.2) is 11.5 Å². The van der Waals surface area contributed by atoms with E-state index in [0.717, 1.165) is 108 Å². The zero-order valence-corrected chi connectivity index (χ0v) is 33.5. The predicted molar refractivity (Wildman–Crippen MR) is 231 cm³/mol. The minimum Gasteiger partial charge on any atom is -0.507 e. The molecular formula is C51H53N3O5. The molecule has 6 bridgehead atoms. The van der Waals surface area contributed by atoms with E-state index < -0.39 is 5.92 Å². The lowest BCUT2D eigenvalue weighted by Gasteiger charge is -2.37. The molecule has 1 saturated carbocycles. The summed E-state index contributed by atoms with van der Waals surface area (Å²) in [6.45, 7) is 0. The Kier molecular flexibility index (Phi) is 10.0. The van der Waals surface area contributed by atoms with Gasteiger partial charge in [-0.3, -0.25) is 9.59 Å². The fourth-order valence-corrected chi connectivity index (χ4v) is 10.9. The van der Waals surface area contributed by atoms with Crippen LogP contribution < -0.4 is 10.1 Å². The van der Waals surface area contributed by atoms with Gasteiger partial charge in [0.25, 0.3) is 0 Å². The van der Waals surface area contributed by atoms with Gasteiger partial charge in [0.05, 0.1) is 12.5 Å². The highest BCUT2D eigenvalue weighted by molar-refractivity contribution is 6.02. The van der Waals surface area contributed by atoms with Crippen LogP contribution in [0.5, 0.6) is 17.2 Å². The number of phenolic OH excluding ortho intramolecular Hbond substituents is 2. The molecule has 8 nitrogen and oxygen atoms in total. The van der Waals surface area contributed by atoms with E-state index in [4.69, 9.17) is 4.74 Å². The predicted octanol–water partition coefficient (Wildman–Crippen LogP) is 10.3. The van der Waals surface area contributed by atoms with Gasteiger partial charge in [-0.1, -0.05) is 54.6 Å². The summed E-state index contributed by atoms with van der Waals surface area (Å²) >= 11 is 0. The van der Waals surface area contributed by atoms with Crippen molar-refractivity contribution in [1.29, 1.82) is 0 Å². The third-order valence-electron chi connectivity index (χ3n) is 13.9. The first-order valence-electron chi connectivity index (χ1n) is 21.8. The molecule has 4 aliphatic carbocycles. The van der Waals surface area contributed by atoms with Gasteiger partial charge >= 0.3 is 0 Å². The lowest BCUT2D eigenvalue weighted by atomic mass is 9.67. The van der Waals surface area contributed by atoms with Gasteiger partial charge in [0, 0.05) is 71.4 Å². The van der Waals surface area contributed by atoms with E-state index in [0.29, 0.717) is 24.3 Å². The molecule has 10 rings (SSSR count). The molecule has 0 radical (unpaired) electrons. The van der Waals surface area contributed by atoms with Crippen molar-refractivity contribution in [3.8, 4) is 17.2 Å².